The van der Waals surface area contributed by atoms with Crippen molar-refractivity contribution in [3.63, 3.8) is 0 Å². The van der Waals surface area contributed by atoms with E-state index in [-0.39, 0.29) is 17.7 Å². The quantitative estimate of drug-likeness (QED) is 0.838. The van der Waals surface area contributed by atoms with Crippen LogP contribution in [0.3, 0.4) is 0 Å². The summed E-state index contributed by atoms with van der Waals surface area (Å²) in [5.74, 6) is -0.656. The minimum absolute atomic E-state index is 0.00788. The molecule has 1 aliphatic heterocycles. The second-order valence-corrected chi connectivity index (χ2v) is 7.42. The highest BCUT2D eigenvalue weighted by Crippen LogP contribution is 2.25. The molecule has 0 bridgehead atoms. The summed E-state index contributed by atoms with van der Waals surface area (Å²) in [5.41, 5.74) is 1.82. The Bertz CT molecular complexity index is 731. The summed E-state index contributed by atoms with van der Waals surface area (Å²) < 4.78 is 5.34. The Kier molecular flexibility index (Phi) is 6.82. The molecular weight excluding hydrogens is 352 g/mol. The van der Waals surface area contributed by atoms with E-state index in [2.05, 4.69) is 5.32 Å². The number of carbonyl (C=O) groups excluding carboxylic acids is 2. The van der Waals surface area contributed by atoms with Gasteiger partial charge in [-0.25, -0.2) is 0 Å². The molecule has 2 amide bonds. The number of morpholine rings is 1. The van der Waals surface area contributed by atoms with Gasteiger partial charge in [-0.15, -0.1) is 0 Å². The smallest absolute Gasteiger partial charge is 0.245 e. The largest absolute Gasteiger partial charge is 0.378 e. The Morgan fingerprint density at radius 3 is 1.86 bits per heavy atom. The molecule has 1 unspecified atom stereocenters. The Morgan fingerprint density at radius 2 is 1.39 bits per heavy atom. The number of carbonyl (C=O) groups is 2. The van der Waals surface area contributed by atoms with Gasteiger partial charge in [0.15, 0.2) is 0 Å². The predicted molar refractivity (Wildman–Crippen MR) is 109 cm³/mol. The van der Waals surface area contributed by atoms with Crippen LogP contribution in [-0.2, 0) is 14.3 Å². The first-order chi connectivity index (χ1) is 13.6. The first-order valence-electron chi connectivity index (χ1n) is 9.84. The van der Waals surface area contributed by atoms with Crippen LogP contribution in [0.25, 0.3) is 0 Å². The number of nitrogens with one attached hydrogen (secondary N) is 1. The lowest BCUT2D eigenvalue weighted by molar-refractivity contribution is -0.141. The van der Waals surface area contributed by atoms with Gasteiger partial charge in [0, 0.05) is 13.1 Å². The van der Waals surface area contributed by atoms with E-state index in [0.717, 1.165) is 11.1 Å². The fourth-order valence-electron chi connectivity index (χ4n) is 3.52. The first-order valence-corrected chi connectivity index (χ1v) is 9.84. The number of hydrogen-bond donors (Lipinski definition) is 1. The molecule has 5 nitrogen and oxygen atoms in total. The molecule has 0 spiro atoms. The highest BCUT2D eigenvalue weighted by atomic mass is 16.5. The molecule has 1 atom stereocenters. The average Bonchev–Trinajstić information content (AvgIpc) is 2.74. The SMILES string of the molecule is CC(C)C(NC(=O)C(c1ccccc1)c1ccccc1)C(=O)N1CCOCC1. The number of amides is 2. The number of hydrogen-bond acceptors (Lipinski definition) is 3. The van der Waals surface area contributed by atoms with Crippen LogP contribution >= 0.6 is 0 Å². The van der Waals surface area contributed by atoms with Gasteiger partial charge in [0.05, 0.1) is 19.1 Å². The van der Waals surface area contributed by atoms with E-state index < -0.39 is 12.0 Å². The minimum Gasteiger partial charge on any atom is -0.378 e. The van der Waals surface area contributed by atoms with Crippen molar-refractivity contribution in [3.8, 4) is 0 Å². The van der Waals surface area contributed by atoms with Crippen molar-refractivity contribution >= 4 is 11.8 Å². The second kappa shape index (κ2) is 9.51. The molecule has 0 aromatic heterocycles. The van der Waals surface area contributed by atoms with Crippen LogP contribution in [0.15, 0.2) is 60.7 Å². The zero-order chi connectivity index (χ0) is 19.9. The molecule has 3 rings (SSSR count). The van der Waals surface area contributed by atoms with Crippen LogP contribution in [0.1, 0.15) is 30.9 Å². The van der Waals surface area contributed by atoms with Crippen LogP contribution in [0.5, 0.6) is 0 Å². The van der Waals surface area contributed by atoms with Gasteiger partial charge in [0.25, 0.3) is 0 Å². The molecule has 1 fully saturated rings. The fourth-order valence-corrected chi connectivity index (χ4v) is 3.52. The number of rotatable bonds is 6. The number of nitrogens with zero attached hydrogens (tertiary/aromatic N) is 1. The maximum Gasteiger partial charge on any atom is 0.245 e. The summed E-state index contributed by atoms with van der Waals surface area (Å²) >= 11 is 0. The van der Waals surface area contributed by atoms with Crippen LogP contribution in [0, 0.1) is 5.92 Å². The molecule has 28 heavy (non-hydrogen) atoms. The third-order valence-corrected chi connectivity index (χ3v) is 5.08. The van der Waals surface area contributed by atoms with Crippen LogP contribution in [0.4, 0.5) is 0 Å². The Hall–Kier alpha value is -2.66. The molecule has 0 saturated carbocycles. The molecule has 1 aliphatic rings. The third-order valence-electron chi connectivity index (χ3n) is 5.08. The lowest BCUT2D eigenvalue weighted by Gasteiger charge is -2.33. The lowest BCUT2D eigenvalue weighted by atomic mass is 9.89. The van der Waals surface area contributed by atoms with Gasteiger partial charge in [-0.1, -0.05) is 74.5 Å². The first kappa shape index (κ1) is 20.1. The Balaban J connectivity index is 1.84. The highest BCUT2D eigenvalue weighted by Gasteiger charge is 2.32. The molecule has 2 aromatic rings. The molecule has 2 aromatic carbocycles. The molecular formula is C23H28N2O3. The molecule has 0 aliphatic carbocycles. The molecule has 1 saturated heterocycles. The Morgan fingerprint density at radius 1 is 0.893 bits per heavy atom. The molecule has 1 N–H and O–H groups in total. The van der Waals surface area contributed by atoms with E-state index in [0.29, 0.717) is 26.3 Å². The molecule has 148 valence electrons. The van der Waals surface area contributed by atoms with E-state index >= 15 is 0 Å². The summed E-state index contributed by atoms with van der Waals surface area (Å²) in [7, 11) is 0. The summed E-state index contributed by atoms with van der Waals surface area (Å²) in [6.07, 6.45) is 0. The maximum absolute atomic E-state index is 13.3. The monoisotopic (exact) mass is 380 g/mol. The van der Waals surface area contributed by atoms with Crippen molar-refractivity contribution in [3.05, 3.63) is 71.8 Å². The van der Waals surface area contributed by atoms with E-state index in [1.807, 2.05) is 74.5 Å². The molecule has 5 heteroatoms. The Labute approximate surface area is 166 Å². The normalized spacial score (nSPS) is 15.5. The fraction of sp³-hybridized carbons (Fsp3) is 0.391. The van der Waals surface area contributed by atoms with Gasteiger partial charge in [0.2, 0.25) is 11.8 Å². The van der Waals surface area contributed by atoms with E-state index in [4.69, 9.17) is 4.74 Å². The van der Waals surface area contributed by atoms with Crippen molar-refractivity contribution in [2.45, 2.75) is 25.8 Å². The van der Waals surface area contributed by atoms with E-state index in [1.165, 1.54) is 0 Å². The summed E-state index contributed by atoms with van der Waals surface area (Å²) in [6.45, 7) is 6.15. The van der Waals surface area contributed by atoms with Crippen molar-refractivity contribution in [1.82, 2.24) is 10.2 Å². The highest BCUT2D eigenvalue weighted by molar-refractivity contribution is 5.92. The number of benzene rings is 2. The topological polar surface area (TPSA) is 58.6 Å². The minimum atomic E-state index is -0.555. The van der Waals surface area contributed by atoms with Gasteiger partial charge in [-0.2, -0.15) is 0 Å². The van der Waals surface area contributed by atoms with Gasteiger partial charge in [-0.05, 0) is 17.0 Å². The summed E-state index contributed by atoms with van der Waals surface area (Å²) in [6, 6.07) is 18.8. The van der Waals surface area contributed by atoms with Crippen molar-refractivity contribution < 1.29 is 14.3 Å². The standard InChI is InChI=1S/C23H28N2O3/c1-17(2)21(23(27)25-13-15-28-16-14-25)24-22(26)20(18-9-5-3-6-10-18)19-11-7-4-8-12-19/h3-12,17,20-21H,13-16H2,1-2H3,(H,24,26). The maximum atomic E-state index is 13.3. The second-order valence-electron chi connectivity index (χ2n) is 7.42. The average molecular weight is 380 g/mol. The zero-order valence-electron chi connectivity index (χ0n) is 16.5. The van der Waals surface area contributed by atoms with Crippen LogP contribution in [-0.4, -0.2) is 49.1 Å². The van der Waals surface area contributed by atoms with Gasteiger partial charge in [0.1, 0.15) is 6.04 Å². The van der Waals surface area contributed by atoms with Crippen molar-refractivity contribution in [2.75, 3.05) is 26.3 Å². The summed E-state index contributed by atoms with van der Waals surface area (Å²) in [4.78, 5) is 28.2. The molecule has 1 heterocycles. The lowest BCUT2D eigenvalue weighted by Crippen LogP contribution is -2.54. The van der Waals surface area contributed by atoms with Gasteiger partial charge in [-0.3, -0.25) is 9.59 Å². The molecule has 0 radical (unpaired) electrons. The van der Waals surface area contributed by atoms with Crippen molar-refractivity contribution in [2.24, 2.45) is 5.92 Å². The van der Waals surface area contributed by atoms with Gasteiger partial charge < -0.3 is 15.0 Å². The van der Waals surface area contributed by atoms with E-state index in [1.54, 1.807) is 4.90 Å². The van der Waals surface area contributed by atoms with Crippen LogP contribution in [0.2, 0.25) is 0 Å². The predicted octanol–water partition coefficient (Wildman–Crippen LogP) is 2.82. The van der Waals surface area contributed by atoms with Crippen LogP contribution < -0.4 is 5.32 Å². The van der Waals surface area contributed by atoms with E-state index in [9.17, 15) is 9.59 Å². The van der Waals surface area contributed by atoms with Crippen molar-refractivity contribution in [1.29, 1.82) is 0 Å². The van der Waals surface area contributed by atoms with Gasteiger partial charge >= 0.3 is 0 Å². The zero-order valence-corrected chi connectivity index (χ0v) is 16.5. The number of ether oxygens (including phenoxy) is 1. The third kappa shape index (κ3) is 4.78. The summed E-state index contributed by atoms with van der Waals surface area (Å²) in [5, 5.41) is 3.04.